The van der Waals surface area contributed by atoms with Gasteiger partial charge in [0.25, 0.3) is 0 Å². The summed E-state index contributed by atoms with van der Waals surface area (Å²) in [5.74, 6) is 0.658. The number of rotatable bonds is 3. The summed E-state index contributed by atoms with van der Waals surface area (Å²) in [7, 11) is 0. The van der Waals surface area contributed by atoms with E-state index in [4.69, 9.17) is 11.5 Å². The van der Waals surface area contributed by atoms with E-state index in [0.717, 1.165) is 30.5 Å². The average Bonchev–Trinajstić information content (AvgIpc) is 2.94. The van der Waals surface area contributed by atoms with Crippen LogP contribution in [-0.4, -0.2) is 25.7 Å². The van der Waals surface area contributed by atoms with Crippen molar-refractivity contribution in [2.45, 2.75) is 43.0 Å². The van der Waals surface area contributed by atoms with Crippen LogP contribution in [0.15, 0.2) is 35.5 Å². The van der Waals surface area contributed by atoms with Crippen molar-refractivity contribution in [1.29, 1.82) is 0 Å². The molecule has 2 heterocycles. The van der Waals surface area contributed by atoms with E-state index in [-0.39, 0.29) is 11.2 Å². The van der Waals surface area contributed by atoms with Crippen LogP contribution in [-0.2, 0) is 12.8 Å². The third-order valence-electron chi connectivity index (χ3n) is 4.77. The largest absolute Gasteiger partial charge is 0.383 e. The summed E-state index contributed by atoms with van der Waals surface area (Å²) in [5.41, 5.74) is 14.9. The van der Waals surface area contributed by atoms with Gasteiger partial charge in [-0.3, -0.25) is 9.36 Å². The molecule has 0 amide bonds. The van der Waals surface area contributed by atoms with E-state index in [0.29, 0.717) is 16.8 Å². The van der Waals surface area contributed by atoms with Gasteiger partial charge in [-0.1, -0.05) is 30.0 Å². The number of carbonyl (C=O) groups excluding carboxylic acids is 1. The molecule has 0 spiro atoms. The maximum absolute atomic E-state index is 13.3. The highest BCUT2D eigenvalue weighted by Gasteiger charge is 2.26. The topological polar surface area (TPSA) is 99.8 Å². The summed E-state index contributed by atoms with van der Waals surface area (Å²) < 4.78 is 1.90. The van der Waals surface area contributed by atoms with E-state index in [1.807, 2.05) is 29.7 Å². The molecule has 4 N–H and O–H groups in total. The van der Waals surface area contributed by atoms with Crippen molar-refractivity contribution >= 4 is 40.2 Å². The molecule has 2 aromatic heterocycles. The summed E-state index contributed by atoms with van der Waals surface area (Å²) in [5, 5.41) is 1.27. The highest BCUT2D eigenvalue weighted by Crippen LogP contribution is 2.33. The van der Waals surface area contributed by atoms with Gasteiger partial charge in [-0.05, 0) is 44.2 Å². The number of nitrogens with zero attached hydrogens (tertiary/aromatic N) is 3. The lowest BCUT2D eigenvalue weighted by molar-refractivity contribution is 0.0917. The normalized spacial score (nSPS) is 15.0. The first-order valence-electron chi connectivity index (χ1n) is 8.76. The van der Waals surface area contributed by atoms with Gasteiger partial charge in [0.15, 0.2) is 5.16 Å². The summed E-state index contributed by atoms with van der Waals surface area (Å²) in [6, 6.07) is 9.66. The van der Waals surface area contributed by atoms with Crippen molar-refractivity contribution in [3.63, 3.8) is 0 Å². The molecule has 0 saturated heterocycles. The van der Waals surface area contributed by atoms with Crippen LogP contribution < -0.4 is 11.5 Å². The van der Waals surface area contributed by atoms with Gasteiger partial charge in [-0.2, -0.15) is 0 Å². The zero-order valence-corrected chi connectivity index (χ0v) is 15.4. The van der Waals surface area contributed by atoms with Gasteiger partial charge in [-0.15, -0.1) is 0 Å². The van der Waals surface area contributed by atoms with Gasteiger partial charge < -0.3 is 11.5 Å². The molecule has 134 valence electrons. The molecule has 1 unspecified atom stereocenters. The Morgan fingerprint density at radius 2 is 1.85 bits per heavy atom. The molecule has 0 bridgehead atoms. The molecule has 0 aliphatic heterocycles. The smallest absolute Gasteiger partial charge is 0.244 e. The molecule has 0 fully saturated rings. The molecule has 26 heavy (non-hydrogen) atoms. The lowest BCUT2D eigenvalue weighted by atomic mass is 9.95. The van der Waals surface area contributed by atoms with Gasteiger partial charge >= 0.3 is 0 Å². The summed E-state index contributed by atoms with van der Waals surface area (Å²) in [6.45, 7) is 1.87. The Bertz CT molecular complexity index is 977. The third-order valence-corrected chi connectivity index (χ3v) is 5.72. The number of nitrogens with two attached hydrogens (primary N) is 2. The highest BCUT2D eigenvalue weighted by molar-refractivity contribution is 8.00. The predicted octanol–water partition coefficient (Wildman–Crippen LogP) is 3.30. The van der Waals surface area contributed by atoms with Crippen LogP contribution >= 0.6 is 11.8 Å². The van der Waals surface area contributed by atoms with Crippen LogP contribution in [0.3, 0.4) is 0 Å². The lowest BCUT2D eigenvalue weighted by Crippen LogP contribution is -2.24. The minimum atomic E-state index is -0.349. The Morgan fingerprint density at radius 1 is 1.15 bits per heavy atom. The van der Waals surface area contributed by atoms with Crippen molar-refractivity contribution in [3.8, 4) is 0 Å². The molecule has 4 rings (SSSR count). The number of aryl methyl sites for hydroxylation is 1. The van der Waals surface area contributed by atoms with E-state index in [2.05, 4.69) is 16.0 Å². The van der Waals surface area contributed by atoms with E-state index < -0.39 is 0 Å². The molecule has 0 radical (unpaired) electrons. The molecule has 1 aromatic carbocycles. The Morgan fingerprint density at radius 3 is 2.62 bits per heavy atom. The zero-order valence-electron chi connectivity index (χ0n) is 14.6. The molecule has 1 atom stereocenters. The fourth-order valence-electron chi connectivity index (χ4n) is 3.65. The number of para-hydroxylation sites is 1. The number of nitrogen functional groups attached to an aromatic ring is 2. The van der Waals surface area contributed by atoms with Gasteiger partial charge in [0.1, 0.15) is 11.6 Å². The van der Waals surface area contributed by atoms with Gasteiger partial charge in [0.05, 0.1) is 10.8 Å². The molecule has 1 aliphatic carbocycles. The van der Waals surface area contributed by atoms with Crippen LogP contribution in [0, 0.1) is 0 Å². The number of fused-ring (bicyclic) bond motifs is 3. The van der Waals surface area contributed by atoms with Gasteiger partial charge in [0.2, 0.25) is 5.91 Å². The van der Waals surface area contributed by atoms with Gasteiger partial charge in [-0.25, -0.2) is 9.97 Å². The van der Waals surface area contributed by atoms with Crippen LogP contribution in [0.4, 0.5) is 11.6 Å². The maximum atomic E-state index is 13.3. The summed E-state index contributed by atoms with van der Waals surface area (Å²) >= 11 is 1.28. The van der Waals surface area contributed by atoms with E-state index >= 15 is 0 Å². The Labute approximate surface area is 156 Å². The van der Waals surface area contributed by atoms with Crippen LogP contribution in [0.5, 0.6) is 0 Å². The van der Waals surface area contributed by atoms with Crippen molar-refractivity contribution in [1.82, 2.24) is 14.5 Å². The first kappa shape index (κ1) is 16.9. The van der Waals surface area contributed by atoms with Crippen LogP contribution in [0.25, 0.3) is 10.9 Å². The second-order valence-corrected chi connectivity index (χ2v) is 7.89. The van der Waals surface area contributed by atoms with Gasteiger partial charge in [0, 0.05) is 17.1 Å². The SMILES string of the molecule is CC(Sc1nc(N)cc(N)n1)C(=O)n1c2c(c3ccccc31)CCCC2. The van der Waals surface area contributed by atoms with Crippen molar-refractivity contribution in [2.24, 2.45) is 0 Å². The fourth-order valence-corrected chi connectivity index (χ4v) is 4.49. The van der Waals surface area contributed by atoms with E-state index in [9.17, 15) is 4.79 Å². The molecular weight excluding hydrogens is 346 g/mol. The standard InChI is InChI=1S/C19H21N5OS/c1-11(26-19-22-16(20)10-17(21)23-19)18(25)24-14-8-4-2-6-12(14)13-7-3-5-9-15(13)24/h2,4,6,8,10-11H,3,5,7,9H2,1H3,(H4,20,21,22,23). The average molecular weight is 367 g/mol. The Balaban J connectivity index is 1.72. The number of hydrogen-bond donors (Lipinski definition) is 2. The van der Waals surface area contributed by atoms with Crippen molar-refractivity contribution in [3.05, 3.63) is 41.6 Å². The minimum absolute atomic E-state index is 0.0407. The maximum Gasteiger partial charge on any atom is 0.244 e. The lowest BCUT2D eigenvalue weighted by Gasteiger charge is -2.17. The molecule has 0 saturated carbocycles. The number of benzene rings is 1. The summed E-state index contributed by atoms with van der Waals surface area (Å²) in [4.78, 5) is 21.6. The monoisotopic (exact) mass is 367 g/mol. The van der Waals surface area contributed by atoms with Crippen molar-refractivity contribution < 1.29 is 4.79 Å². The van der Waals surface area contributed by atoms with Crippen LogP contribution in [0.2, 0.25) is 0 Å². The number of anilines is 2. The minimum Gasteiger partial charge on any atom is -0.383 e. The first-order chi connectivity index (χ1) is 12.5. The zero-order chi connectivity index (χ0) is 18.3. The molecule has 1 aliphatic rings. The molecule has 6 nitrogen and oxygen atoms in total. The van der Waals surface area contributed by atoms with Crippen LogP contribution in [0.1, 0.15) is 35.8 Å². The predicted molar refractivity (Wildman–Crippen MR) is 105 cm³/mol. The quantitative estimate of drug-likeness (QED) is 0.544. The number of hydrogen-bond acceptors (Lipinski definition) is 6. The number of aromatic nitrogens is 3. The number of thioether (sulfide) groups is 1. The Kier molecular flexibility index (Phi) is 4.32. The van der Waals surface area contributed by atoms with E-state index in [1.165, 1.54) is 35.2 Å². The fraction of sp³-hybridized carbons (Fsp3) is 0.316. The molecule has 7 heteroatoms. The first-order valence-corrected chi connectivity index (χ1v) is 9.64. The second kappa shape index (κ2) is 6.64. The molecule has 3 aromatic rings. The number of carbonyl (C=O) groups is 1. The third kappa shape index (κ3) is 2.92. The molecular formula is C19H21N5OS. The Hall–Kier alpha value is -2.54. The van der Waals surface area contributed by atoms with Crippen molar-refractivity contribution in [2.75, 3.05) is 11.5 Å². The second-order valence-electron chi connectivity index (χ2n) is 6.58. The highest BCUT2D eigenvalue weighted by atomic mass is 32.2. The summed E-state index contributed by atoms with van der Waals surface area (Å²) in [6.07, 6.45) is 4.27. The van der Waals surface area contributed by atoms with E-state index in [1.54, 1.807) is 0 Å².